The van der Waals surface area contributed by atoms with Gasteiger partial charge in [0.15, 0.2) is 0 Å². The largest absolute Gasteiger partial charge is 0.399 e. The lowest BCUT2D eigenvalue weighted by Gasteiger charge is -2.07. The smallest absolute Gasteiger partial charge is 0.112 e. The van der Waals surface area contributed by atoms with E-state index in [1.54, 1.807) is 17.5 Å². The van der Waals surface area contributed by atoms with Crippen molar-refractivity contribution in [2.45, 2.75) is 6.54 Å². The summed E-state index contributed by atoms with van der Waals surface area (Å²) in [5, 5.41) is 6.32. The molecule has 0 bridgehead atoms. The highest BCUT2D eigenvalue weighted by Gasteiger charge is 2.00. The molecule has 0 fully saturated rings. The molecule has 3 N–H and O–H groups in total. The van der Waals surface area contributed by atoms with Gasteiger partial charge in [0, 0.05) is 27.4 Å². The number of nitrogens with two attached hydrogens (primary N) is 1. The van der Waals surface area contributed by atoms with E-state index < -0.39 is 0 Å². The van der Waals surface area contributed by atoms with Crippen molar-refractivity contribution in [1.29, 1.82) is 0 Å². The Labute approximate surface area is 100 Å². The summed E-state index contributed by atoms with van der Waals surface area (Å²) in [5.74, 6) is 0. The maximum absolute atomic E-state index is 5.65. The number of aromatic nitrogens is 1. The number of anilines is 2. The van der Waals surface area contributed by atoms with Crippen molar-refractivity contribution in [3.8, 4) is 0 Å². The fourth-order valence-corrected chi connectivity index (χ4v) is 2.28. The lowest BCUT2D eigenvalue weighted by atomic mass is 10.3. The SMILES string of the molecule is Nc1ccc(NCc2nccs2)c(Br)c1. The Bertz CT molecular complexity index is 442. The highest BCUT2D eigenvalue weighted by Crippen LogP contribution is 2.25. The molecule has 0 unspecified atom stereocenters. The summed E-state index contributed by atoms with van der Waals surface area (Å²) in [6.07, 6.45) is 1.81. The lowest BCUT2D eigenvalue weighted by Crippen LogP contribution is -1.99. The van der Waals surface area contributed by atoms with Crippen LogP contribution in [0.5, 0.6) is 0 Å². The molecular weight excluding hydrogens is 274 g/mol. The average Bonchev–Trinajstić information content (AvgIpc) is 2.69. The van der Waals surface area contributed by atoms with Gasteiger partial charge in [-0.15, -0.1) is 11.3 Å². The first kappa shape index (κ1) is 10.4. The van der Waals surface area contributed by atoms with Crippen LogP contribution in [0.4, 0.5) is 11.4 Å². The minimum absolute atomic E-state index is 0.736. The van der Waals surface area contributed by atoms with Gasteiger partial charge in [-0.25, -0.2) is 4.98 Å². The summed E-state index contributed by atoms with van der Waals surface area (Å²) in [6.45, 7) is 0.736. The number of hydrogen-bond donors (Lipinski definition) is 2. The molecule has 1 heterocycles. The van der Waals surface area contributed by atoms with Crippen LogP contribution in [0.25, 0.3) is 0 Å². The van der Waals surface area contributed by atoms with Crippen molar-refractivity contribution in [1.82, 2.24) is 4.98 Å². The first-order chi connectivity index (χ1) is 7.25. The van der Waals surface area contributed by atoms with Crippen LogP contribution in [0, 0.1) is 0 Å². The maximum atomic E-state index is 5.65. The maximum Gasteiger partial charge on any atom is 0.112 e. The van der Waals surface area contributed by atoms with Crippen LogP contribution in [0.2, 0.25) is 0 Å². The summed E-state index contributed by atoms with van der Waals surface area (Å²) in [6, 6.07) is 5.70. The van der Waals surface area contributed by atoms with Gasteiger partial charge in [0.25, 0.3) is 0 Å². The quantitative estimate of drug-likeness (QED) is 0.851. The molecule has 0 spiro atoms. The monoisotopic (exact) mass is 283 g/mol. The van der Waals surface area contributed by atoms with Gasteiger partial charge in [-0.1, -0.05) is 0 Å². The third-order valence-electron chi connectivity index (χ3n) is 1.91. The Morgan fingerprint density at radius 2 is 2.33 bits per heavy atom. The highest BCUT2D eigenvalue weighted by atomic mass is 79.9. The summed E-state index contributed by atoms with van der Waals surface area (Å²) in [4.78, 5) is 4.19. The molecule has 0 amide bonds. The van der Waals surface area contributed by atoms with Crippen molar-refractivity contribution < 1.29 is 0 Å². The molecule has 0 aliphatic rings. The van der Waals surface area contributed by atoms with Crippen LogP contribution in [0.15, 0.2) is 34.2 Å². The molecule has 5 heteroatoms. The summed E-state index contributed by atoms with van der Waals surface area (Å²) >= 11 is 5.09. The zero-order valence-corrected chi connectivity index (χ0v) is 10.3. The number of nitrogen functional groups attached to an aromatic ring is 1. The number of nitrogens with one attached hydrogen (secondary N) is 1. The molecule has 78 valence electrons. The van der Waals surface area contributed by atoms with E-state index in [1.165, 1.54) is 0 Å². The minimum atomic E-state index is 0.736. The molecule has 0 aliphatic carbocycles. The van der Waals surface area contributed by atoms with Gasteiger partial charge >= 0.3 is 0 Å². The number of nitrogens with zero attached hydrogens (tertiary/aromatic N) is 1. The van der Waals surface area contributed by atoms with E-state index in [0.717, 1.165) is 27.4 Å². The predicted molar refractivity (Wildman–Crippen MR) is 68.0 cm³/mol. The standard InChI is InChI=1S/C10H10BrN3S/c11-8-5-7(12)1-2-9(8)14-6-10-13-3-4-15-10/h1-5,14H,6,12H2. The van der Waals surface area contributed by atoms with Gasteiger partial charge in [0.1, 0.15) is 5.01 Å². The Morgan fingerprint density at radius 1 is 1.47 bits per heavy atom. The van der Waals surface area contributed by atoms with Gasteiger partial charge in [-0.3, -0.25) is 0 Å². The number of benzene rings is 1. The number of rotatable bonds is 3. The van der Waals surface area contributed by atoms with E-state index in [0.29, 0.717) is 0 Å². The molecule has 0 radical (unpaired) electrons. The van der Waals surface area contributed by atoms with E-state index in [4.69, 9.17) is 5.73 Å². The molecule has 0 atom stereocenters. The molecule has 0 saturated heterocycles. The molecule has 0 aliphatic heterocycles. The Hall–Kier alpha value is -1.07. The van der Waals surface area contributed by atoms with Crippen LogP contribution in [0.3, 0.4) is 0 Å². The first-order valence-corrected chi connectivity index (χ1v) is 6.10. The van der Waals surface area contributed by atoms with E-state index in [9.17, 15) is 0 Å². The average molecular weight is 284 g/mol. The van der Waals surface area contributed by atoms with Crippen LogP contribution in [-0.4, -0.2) is 4.98 Å². The number of halogens is 1. The number of hydrogen-bond acceptors (Lipinski definition) is 4. The first-order valence-electron chi connectivity index (χ1n) is 4.43. The molecular formula is C10H10BrN3S. The second-order valence-corrected chi connectivity index (χ2v) is 4.85. The normalized spacial score (nSPS) is 10.2. The van der Waals surface area contributed by atoms with Crippen molar-refractivity contribution >= 4 is 38.6 Å². The molecule has 15 heavy (non-hydrogen) atoms. The van der Waals surface area contributed by atoms with E-state index in [1.807, 2.05) is 23.6 Å². The van der Waals surface area contributed by atoms with E-state index >= 15 is 0 Å². The van der Waals surface area contributed by atoms with Gasteiger partial charge in [0.05, 0.1) is 6.54 Å². The van der Waals surface area contributed by atoms with Gasteiger partial charge in [-0.05, 0) is 34.1 Å². The van der Waals surface area contributed by atoms with Crippen LogP contribution >= 0.6 is 27.3 Å². The fourth-order valence-electron chi connectivity index (χ4n) is 1.19. The summed E-state index contributed by atoms with van der Waals surface area (Å²) < 4.78 is 0.971. The van der Waals surface area contributed by atoms with Gasteiger partial charge in [-0.2, -0.15) is 0 Å². The topological polar surface area (TPSA) is 50.9 Å². The zero-order valence-electron chi connectivity index (χ0n) is 7.90. The Morgan fingerprint density at radius 3 is 3.00 bits per heavy atom. The lowest BCUT2D eigenvalue weighted by molar-refractivity contribution is 1.10. The molecule has 1 aromatic carbocycles. The Balaban J connectivity index is 2.05. The Kier molecular flexibility index (Phi) is 3.23. The van der Waals surface area contributed by atoms with Crippen LogP contribution in [0.1, 0.15) is 5.01 Å². The van der Waals surface area contributed by atoms with E-state index in [2.05, 4.69) is 26.2 Å². The minimum Gasteiger partial charge on any atom is -0.399 e. The van der Waals surface area contributed by atoms with Crippen molar-refractivity contribution in [2.24, 2.45) is 0 Å². The fraction of sp³-hybridized carbons (Fsp3) is 0.100. The second kappa shape index (κ2) is 4.63. The van der Waals surface area contributed by atoms with Gasteiger partial charge < -0.3 is 11.1 Å². The van der Waals surface area contributed by atoms with E-state index in [-0.39, 0.29) is 0 Å². The molecule has 2 rings (SSSR count). The summed E-state index contributed by atoms with van der Waals surface area (Å²) in [5.41, 5.74) is 7.43. The van der Waals surface area contributed by atoms with Crippen LogP contribution in [-0.2, 0) is 6.54 Å². The summed E-state index contributed by atoms with van der Waals surface area (Å²) in [7, 11) is 0. The third-order valence-corrected chi connectivity index (χ3v) is 3.34. The number of thiazole rings is 1. The predicted octanol–water partition coefficient (Wildman–Crippen LogP) is 3.10. The van der Waals surface area contributed by atoms with Crippen molar-refractivity contribution in [2.75, 3.05) is 11.1 Å². The van der Waals surface area contributed by atoms with Crippen molar-refractivity contribution in [3.63, 3.8) is 0 Å². The van der Waals surface area contributed by atoms with Crippen LogP contribution < -0.4 is 11.1 Å². The molecule has 2 aromatic rings. The molecule has 1 aromatic heterocycles. The second-order valence-electron chi connectivity index (χ2n) is 3.02. The third kappa shape index (κ3) is 2.70. The van der Waals surface area contributed by atoms with Gasteiger partial charge in [0.2, 0.25) is 0 Å². The molecule has 0 saturated carbocycles. The zero-order chi connectivity index (χ0) is 10.7. The molecule has 3 nitrogen and oxygen atoms in total. The van der Waals surface area contributed by atoms with Crippen molar-refractivity contribution in [3.05, 3.63) is 39.3 Å². The highest BCUT2D eigenvalue weighted by molar-refractivity contribution is 9.10.